The van der Waals surface area contributed by atoms with Crippen molar-refractivity contribution < 1.29 is 14.0 Å². The van der Waals surface area contributed by atoms with E-state index in [0.717, 1.165) is 12.0 Å². The maximum absolute atomic E-state index is 13.6. The zero-order valence-corrected chi connectivity index (χ0v) is 17.2. The molecule has 0 bridgehead atoms. The van der Waals surface area contributed by atoms with E-state index in [1.54, 1.807) is 9.80 Å². The first-order chi connectivity index (χ1) is 13.9. The van der Waals surface area contributed by atoms with Crippen LogP contribution in [0.1, 0.15) is 24.5 Å². The van der Waals surface area contributed by atoms with Crippen LogP contribution in [0.2, 0.25) is 5.02 Å². The molecule has 1 saturated heterocycles. The highest BCUT2D eigenvalue weighted by Gasteiger charge is 2.29. The molecular formula is C21H24ClFN4O2. The standard InChI is InChI=1S/C21H24ClFN4O2/c1-3-24-20(28)25-18-11-14(2)5-8-19(18)27-10-4-9-26(21(27)29)13-15-12-16(23)6-7-17(15)22/h5-8,11-12H,3-4,9-10,13H2,1-2H3,(H2,24,25,28). The van der Waals surface area contributed by atoms with Gasteiger partial charge in [-0.1, -0.05) is 17.7 Å². The number of anilines is 2. The Morgan fingerprint density at radius 3 is 2.76 bits per heavy atom. The highest BCUT2D eigenvalue weighted by atomic mass is 35.5. The van der Waals surface area contributed by atoms with E-state index in [4.69, 9.17) is 11.6 Å². The fourth-order valence-electron chi connectivity index (χ4n) is 3.33. The Morgan fingerprint density at radius 1 is 1.21 bits per heavy atom. The van der Waals surface area contributed by atoms with Crippen LogP contribution in [0.3, 0.4) is 0 Å². The summed E-state index contributed by atoms with van der Waals surface area (Å²) >= 11 is 6.17. The van der Waals surface area contributed by atoms with Crippen molar-refractivity contribution in [3.05, 3.63) is 58.4 Å². The SMILES string of the molecule is CCNC(=O)Nc1cc(C)ccc1N1CCCN(Cc2cc(F)ccc2Cl)C1=O. The topological polar surface area (TPSA) is 64.7 Å². The van der Waals surface area contributed by atoms with Gasteiger partial charge in [0.25, 0.3) is 0 Å². The largest absolute Gasteiger partial charge is 0.338 e. The minimum Gasteiger partial charge on any atom is -0.338 e. The molecule has 0 radical (unpaired) electrons. The molecule has 0 atom stereocenters. The van der Waals surface area contributed by atoms with Crippen molar-refractivity contribution in [3.8, 4) is 0 Å². The predicted octanol–water partition coefficient (Wildman–Crippen LogP) is 4.76. The zero-order chi connectivity index (χ0) is 21.0. The molecule has 1 fully saturated rings. The van der Waals surface area contributed by atoms with Gasteiger partial charge in [-0.25, -0.2) is 14.0 Å². The van der Waals surface area contributed by atoms with Gasteiger partial charge in [0.15, 0.2) is 0 Å². The molecule has 1 aliphatic rings. The van der Waals surface area contributed by atoms with Crippen LogP contribution in [0, 0.1) is 12.7 Å². The average molecular weight is 419 g/mol. The van der Waals surface area contributed by atoms with E-state index in [2.05, 4.69) is 10.6 Å². The quantitative estimate of drug-likeness (QED) is 0.735. The monoisotopic (exact) mass is 418 g/mol. The maximum atomic E-state index is 13.6. The first kappa shape index (κ1) is 20.9. The molecule has 4 amide bonds. The summed E-state index contributed by atoms with van der Waals surface area (Å²) in [5.41, 5.74) is 2.72. The molecule has 1 aliphatic heterocycles. The zero-order valence-electron chi connectivity index (χ0n) is 16.5. The van der Waals surface area contributed by atoms with Crippen LogP contribution in [-0.2, 0) is 6.54 Å². The minimum atomic E-state index is -0.391. The lowest BCUT2D eigenvalue weighted by Gasteiger charge is -2.36. The number of nitrogens with one attached hydrogen (secondary N) is 2. The summed E-state index contributed by atoms with van der Waals surface area (Å²) in [6.45, 7) is 5.55. The van der Waals surface area contributed by atoms with E-state index in [-0.39, 0.29) is 18.6 Å². The summed E-state index contributed by atoms with van der Waals surface area (Å²) in [4.78, 5) is 28.5. The van der Waals surface area contributed by atoms with Crippen molar-refractivity contribution in [3.63, 3.8) is 0 Å². The van der Waals surface area contributed by atoms with Gasteiger partial charge in [0, 0.05) is 31.2 Å². The minimum absolute atomic E-state index is 0.209. The van der Waals surface area contributed by atoms with E-state index in [9.17, 15) is 14.0 Å². The van der Waals surface area contributed by atoms with Crippen LogP contribution in [0.25, 0.3) is 0 Å². The van der Waals surface area contributed by atoms with Crippen molar-refractivity contribution in [2.75, 3.05) is 29.9 Å². The summed E-state index contributed by atoms with van der Waals surface area (Å²) in [5, 5.41) is 5.93. The summed E-state index contributed by atoms with van der Waals surface area (Å²) in [5.74, 6) is -0.391. The highest BCUT2D eigenvalue weighted by Crippen LogP contribution is 2.31. The Labute approximate surface area is 174 Å². The van der Waals surface area contributed by atoms with E-state index in [1.165, 1.54) is 18.2 Å². The number of rotatable bonds is 5. The van der Waals surface area contributed by atoms with Gasteiger partial charge in [-0.2, -0.15) is 0 Å². The second kappa shape index (κ2) is 9.13. The second-order valence-corrected chi connectivity index (χ2v) is 7.36. The lowest BCUT2D eigenvalue weighted by molar-refractivity contribution is 0.192. The number of hydrogen-bond acceptors (Lipinski definition) is 2. The molecule has 2 N–H and O–H groups in total. The Morgan fingerprint density at radius 2 is 2.00 bits per heavy atom. The molecule has 0 aromatic heterocycles. The number of benzene rings is 2. The van der Waals surface area contributed by atoms with E-state index >= 15 is 0 Å². The lowest BCUT2D eigenvalue weighted by atomic mass is 10.1. The van der Waals surface area contributed by atoms with Crippen molar-refractivity contribution in [2.45, 2.75) is 26.8 Å². The number of amides is 4. The van der Waals surface area contributed by atoms with E-state index in [0.29, 0.717) is 41.6 Å². The van der Waals surface area contributed by atoms with Gasteiger partial charge < -0.3 is 15.5 Å². The average Bonchev–Trinajstić information content (AvgIpc) is 2.67. The molecule has 2 aromatic rings. The molecule has 0 aliphatic carbocycles. The first-order valence-electron chi connectivity index (χ1n) is 9.55. The Hall–Kier alpha value is -2.80. The third-order valence-corrected chi connectivity index (χ3v) is 5.08. The predicted molar refractivity (Wildman–Crippen MR) is 113 cm³/mol. The Balaban J connectivity index is 1.85. The fourth-order valence-corrected chi connectivity index (χ4v) is 3.51. The number of carbonyl (C=O) groups is 2. The number of nitrogens with zero attached hydrogens (tertiary/aromatic N) is 2. The van der Waals surface area contributed by atoms with Gasteiger partial charge >= 0.3 is 12.1 Å². The maximum Gasteiger partial charge on any atom is 0.324 e. The van der Waals surface area contributed by atoms with E-state index in [1.807, 2.05) is 32.0 Å². The summed E-state index contributed by atoms with van der Waals surface area (Å²) < 4.78 is 13.6. The van der Waals surface area contributed by atoms with Gasteiger partial charge in [-0.05, 0) is 61.7 Å². The number of aryl methyl sites for hydroxylation is 1. The molecule has 0 saturated carbocycles. The van der Waals surface area contributed by atoms with Crippen LogP contribution in [-0.4, -0.2) is 36.6 Å². The van der Waals surface area contributed by atoms with Gasteiger partial charge in [0.1, 0.15) is 5.82 Å². The van der Waals surface area contributed by atoms with Crippen LogP contribution < -0.4 is 15.5 Å². The summed E-state index contributed by atoms with van der Waals surface area (Å²) in [7, 11) is 0. The highest BCUT2D eigenvalue weighted by molar-refractivity contribution is 6.31. The van der Waals surface area contributed by atoms with Crippen LogP contribution in [0.5, 0.6) is 0 Å². The van der Waals surface area contributed by atoms with E-state index < -0.39 is 5.82 Å². The summed E-state index contributed by atoms with van der Waals surface area (Å²) in [6.07, 6.45) is 0.743. The van der Waals surface area contributed by atoms with Gasteiger partial charge in [-0.15, -0.1) is 0 Å². The van der Waals surface area contributed by atoms with Gasteiger partial charge in [-0.3, -0.25) is 4.90 Å². The molecule has 6 nitrogen and oxygen atoms in total. The number of carbonyl (C=O) groups excluding carboxylic acids is 2. The fraction of sp³-hybridized carbons (Fsp3) is 0.333. The van der Waals surface area contributed by atoms with Crippen LogP contribution >= 0.6 is 11.6 Å². The van der Waals surface area contributed by atoms with Crippen molar-refractivity contribution in [1.82, 2.24) is 10.2 Å². The molecule has 3 rings (SSSR count). The molecular weight excluding hydrogens is 395 g/mol. The Kier molecular flexibility index (Phi) is 6.59. The number of hydrogen-bond donors (Lipinski definition) is 2. The first-order valence-corrected chi connectivity index (χ1v) is 9.92. The molecule has 8 heteroatoms. The molecule has 0 spiro atoms. The third-order valence-electron chi connectivity index (χ3n) is 4.71. The normalized spacial score (nSPS) is 14.1. The van der Waals surface area contributed by atoms with Crippen LogP contribution in [0.4, 0.5) is 25.4 Å². The van der Waals surface area contributed by atoms with Crippen LogP contribution in [0.15, 0.2) is 36.4 Å². The third kappa shape index (κ3) is 4.98. The second-order valence-electron chi connectivity index (χ2n) is 6.95. The molecule has 0 unspecified atom stereocenters. The Bertz CT molecular complexity index is 922. The van der Waals surface area contributed by atoms with Crippen molar-refractivity contribution in [1.29, 1.82) is 0 Å². The summed E-state index contributed by atoms with van der Waals surface area (Å²) in [6, 6.07) is 9.16. The molecule has 29 heavy (non-hydrogen) atoms. The smallest absolute Gasteiger partial charge is 0.324 e. The molecule has 1 heterocycles. The van der Waals surface area contributed by atoms with Gasteiger partial charge in [0.2, 0.25) is 0 Å². The molecule has 2 aromatic carbocycles. The molecule has 154 valence electrons. The number of urea groups is 2. The number of halogens is 2. The van der Waals surface area contributed by atoms with Crippen molar-refractivity contribution in [2.24, 2.45) is 0 Å². The van der Waals surface area contributed by atoms with Gasteiger partial charge in [0.05, 0.1) is 11.4 Å². The van der Waals surface area contributed by atoms with Crippen molar-refractivity contribution >= 4 is 35.0 Å². The lowest BCUT2D eigenvalue weighted by Crippen LogP contribution is -2.49.